The molecule has 4 aromatic carbocycles. The summed E-state index contributed by atoms with van der Waals surface area (Å²) in [6.07, 6.45) is 8.29. The predicted molar refractivity (Wildman–Crippen MR) is 274 cm³/mol. The van der Waals surface area contributed by atoms with Crippen LogP contribution in [0.25, 0.3) is 0 Å². The number of carbonyl (C=O) groups is 2. The largest absolute Gasteiger partial charge is 0.481 e. The van der Waals surface area contributed by atoms with Crippen molar-refractivity contribution in [2.75, 3.05) is 29.0 Å². The number of amides is 1. The Labute approximate surface area is 415 Å². The first kappa shape index (κ1) is 51.4. The smallest absolute Gasteiger partial charge is 0.303 e. The van der Waals surface area contributed by atoms with Crippen molar-refractivity contribution >= 4 is 33.3 Å². The molecule has 11 atom stereocenters. The highest BCUT2D eigenvalue weighted by Gasteiger charge is 2.65. The zero-order valence-corrected chi connectivity index (χ0v) is 42.5. The SMILES string of the molecule is Cc1c(NS(C)(=O)=O)cccc1N(Cc1ccccc1)Cc1ccc(Oc2ccc(CCC(=O)NCCO[C@@H]3CC[C@]4(C)[C@H](C3)C[C@H](O)[C@H]3[C@H]4C[C@@H](O)[C@]4(C)[C@@H]3CC[C@H]4[C@@H](C)CCC(=O)O)cc2)cc1. The highest BCUT2D eigenvalue weighted by atomic mass is 32.2. The molecule has 4 aliphatic rings. The summed E-state index contributed by atoms with van der Waals surface area (Å²) in [5.41, 5.74) is 5.30. The van der Waals surface area contributed by atoms with Crippen LogP contribution in [-0.2, 0) is 43.9 Å². The molecule has 0 aromatic heterocycles. The Balaban J connectivity index is 0.768. The van der Waals surface area contributed by atoms with E-state index in [1.807, 2.05) is 85.8 Å². The molecule has 12 nitrogen and oxygen atoms in total. The molecule has 4 aliphatic carbocycles. The third-order valence-corrected chi connectivity index (χ3v) is 17.9. The summed E-state index contributed by atoms with van der Waals surface area (Å²) >= 11 is 0. The number of aliphatic hydroxyl groups excluding tert-OH is 2. The number of aliphatic hydroxyl groups is 2. The molecule has 0 unspecified atom stereocenters. The van der Waals surface area contributed by atoms with Gasteiger partial charge in [0.25, 0.3) is 0 Å². The van der Waals surface area contributed by atoms with Gasteiger partial charge in [-0.2, -0.15) is 0 Å². The van der Waals surface area contributed by atoms with Crippen molar-refractivity contribution < 1.29 is 42.8 Å². The number of carboxylic acid groups (broad SMARTS) is 1. The molecule has 0 saturated heterocycles. The van der Waals surface area contributed by atoms with Crippen LogP contribution in [-0.4, -0.2) is 73.3 Å². The molecule has 0 aliphatic heterocycles. The van der Waals surface area contributed by atoms with Gasteiger partial charge in [0, 0.05) is 38.2 Å². The number of aliphatic carboxylic acids is 1. The molecule has 4 saturated carbocycles. The van der Waals surface area contributed by atoms with Crippen molar-refractivity contribution in [3.05, 3.63) is 119 Å². The lowest BCUT2D eigenvalue weighted by atomic mass is 9.43. The van der Waals surface area contributed by atoms with E-state index in [0.717, 1.165) is 72.7 Å². The molecule has 8 rings (SSSR count). The molecule has 1 amide bonds. The van der Waals surface area contributed by atoms with Crippen LogP contribution in [0, 0.1) is 53.3 Å². The average molecular weight is 978 g/mol. The molecular weight excluding hydrogens is 903 g/mol. The highest BCUT2D eigenvalue weighted by molar-refractivity contribution is 7.92. The minimum atomic E-state index is -3.44. The summed E-state index contributed by atoms with van der Waals surface area (Å²) in [6.45, 7) is 10.8. The molecule has 0 heterocycles. The normalized spacial score (nSPS) is 28.7. The number of ether oxygens (including phenoxy) is 2. The number of aryl methyl sites for hydroxylation is 1. The Morgan fingerprint density at radius 1 is 0.814 bits per heavy atom. The summed E-state index contributed by atoms with van der Waals surface area (Å²) < 4.78 is 39.4. The molecule has 4 aromatic rings. The van der Waals surface area contributed by atoms with Gasteiger partial charge < -0.3 is 35.0 Å². The van der Waals surface area contributed by atoms with E-state index in [1.54, 1.807) is 6.07 Å². The van der Waals surface area contributed by atoms with Crippen LogP contribution < -0.4 is 19.7 Å². The Bertz CT molecular complexity index is 2520. The standard InChI is InChI=1S/C57H75N3O9S/c1-37(14-27-54(64)65)46-24-25-47-55-48(34-52(62)57(46,47)4)56(3)29-28-45(32-42(56)33-51(55)61)68-31-30-58-53(63)26-19-39-15-20-43(21-16-39)69-44-22-17-41(18-23-44)36-60(35-40-10-7-6-8-11-40)50-13-9-12-49(38(50)2)59-70(5,66)67/h6-13,15-18,20-23,37,42,45-48,51-52,55,59,61-62H,14,19,24-36H2,1-5H3,(H,58,63)(H,64,65)/t37-,42+,45+,46-,47+,48+,51-,52+,55+,56+,57-/m0/s1. The van der Waals surface area contributed by atoms with Gasteiger partial charge in [0.05, 0.1) is 36.9 Å². The van der Waals surface area contributed by atoms with Crippen LogP contribution in [0.1, 0.15) is 107 Å². The van der Waals surface area contributed by atoms with Crippen molar-refractivity contribution in [3.63, 3.8) is 0 Å². The molecule has 70 heavy (non-hydrogen) atoms. The van der Waals surface area contributed by atoms with Crippen molar-refractivity contribution in [1.82, 2.24) is 5.32 Å². The quantitative estimate of drug-likeness (QED) is 0.0537. The van der Waals surface area contributed by atoms with E-state index < -0.39 is 28.2 Å². The summed E-state index contributed by atoms with van der Waals surface area (Å²) in [6, 6.07) is 31.6. The van der Waals surface area contributed by atoms with Crippen LogP contribution >= 0.6 is 0 Å². The number of benzene rings is 4. The van der Waals surface area contributed by atoms with Crippen LogP contribution in [0.4, 0.5) is 11.4 Å². The Kier molecular flexibility index (Phi) is 16.0. The lowest BCUT2D eigenvalue weighted by molar-refractivity contribution is -0.209. The maximum Gasteiger partial charge on any atom is 0.303 e. The molecule has 0 spiro atoms. The molecule has 13 heteroatoms. The number of anilines is 2. The number of hydrogen-bond acceptors (Lipinski definition) is 9. The summed E-state index contributed by atoms with van der Waals surface area (Å²) in [4.78, 5) is 26.5. The zero-order chi connectivity index (χ0) is 49.8. The first-order chi connectivity index (χ1) is 33.4. The first-order valence-corrected chi connectivity index (χ1v) is 27.5. The number of nitrogens with one attached hydrogen (secondary N) is 2. The second-order valence-corrected chi connectivity index (χ2v) is 23.4. The van der Waals surface area contributed by atoms with Crippen molar-refractivity contribution in [2.45, 2.75) is 130 Å². The fourth-order valence-corrected chi connectivity index (χ4v) is 14.3. The van der Waals surface area contributed by atoms with E-state index in [1.165, 1.54) is 0 Å². The van der Waals surface area contributed by atoms with Gasteiger partial charge >= 0.3 is 5.97 Å². The van der Waals surface area contributed by atoms with Crippen LogP contribution in [0.3, 0.4) is 0 Å². The Morgan fingerprint density at radius 2 is 1.49 bits per heavy atom. The van der Waals surface area contributed by atoms with Crippen molar-refractivity contribution in [2.24, 2.45) is 46.3 Å². The van der Waals surface area contributed by atoms with Gasteiger partial charge in [0.15, 0.2) is 0 Å². The van der Waals surface area contributed by atoms with Crippen LogP contribution in [0.2, 0.25) is 0 Å². The van der Waals surface area contributed by atoms with Gasteiger partial charge in [-0.1, -0.05) is 81.4 Å². The minimum absolute atomic E-state index is 0.0225. The molecular formula is C57H75N3O9S. The third-order valence-electron chi connectivity index (χ3n) is 17.3. The van der Waals surface area contributed by atoms with E-state index in [0.29, 0.717) is 75.0 Å². The Morgan fingerprint density at radius 3 is 2.16 bits per heavy atom. The summed E-state index contributed by atoms with van der Waals surface area (Å²) in [5, 5.41) is 36.1. The number of nitrogens with zero attached hydrogens (tertiary/aromatic N) is 1. The van der Waals surface area contributed by atoms with Gasteiger partial charge in [0.1, 0.15) is 11.5 Å². The highest BCUT2D eigenvalue weighted by Crippen LogP contribution is 2.68. The lowest BCUT2D eigenvalue weighted by Gasteiger charge is -2.63. The second-order valence-electron chi connectivity index (χ2n) is 21.7. The molecule has 5 N–H and O–H groups in total. The van der Waals surface area contributed by atoms with E-state index in [2.05, 4.69) is 47.8 Å². The van der Waals surface area contributed by atoms with Gasteiger partial charge in [0.2, 0.25) is 15.9 Å². The third kappa shape index (κ3) is 11.7. The van der Waals surface area contributed by atoms with E-state index in [9.17, 15) is 33.3 Å². The van der Waals surface area contributed by atoms with Gasteiger partial charge in [-0.15, -0.1) is 0 Å². The Hall–Kier alpha value is -4.95. The number of rotatable bonds is 20. The maximum atomic E-state index is 12.9. The molecule has 0 bridgehead atoms. The number of hydrogen-bond donors (Lipinski definition) is 5. The fourth-order valence-electron chi connectivity index (χ4n) is 13.6. The first-order valence-electron chi connectivity index (χ1n) is 25.6. The number of carbonyl (C=O) groups excluding carboxylic acids is 1. The second kappa shape index (κ2) is 21.8. The average Bonchev–Trinajstić information content (AvgIpc) is 3.69. The summed E-state index contributed by atoms with van der Waals surface area (Å²) in [5.74, 6) is 2.02. The van der Waals surface area contributed by atoms with Gasteiger partial charge in [-0.05, 0) is 170 Å². The molecule has 4 fully saturated rings. The monoisotopic (exact) mass is 978 g/mol. The summed E-state index contributed by atoms with van der Waals surface area (Å²) in [7, 11) is -3.44. The van der Waals surface area contributed by atoms with E-state index in [-0.39, 0.29) is 58.9 Å². The zero-order valence-electron chi connectivity index (χ0n) is 41.7. The van der Waals surface area contributed by atoms with E-state index >= 15 is 0 Å². The minimum Gasteiger partial charge on any atom is -0.481 e. The van der Waals surface area contributed by atoms with E-state index in [4.69, 9.17) is 9.47 Å². The predicted octanol–water partition coefficient (Wildman–Crippen LogP) is 9.90. The molecule has 0 radical (unpaired) electrons. The molecule has 378 valence electrons. The number of sulfonamides is 1. The van der Waals surface area contributed by atoms with Crippen LogP contribution in [0.5, 0.6) is 11.5 Å². The number of fused-ring (bicyclic) bond motifs is 5. The fraction of sp³-hybridized carbons (Fsp3) is 0.544. The van der Waals surface area contributed by atoms with Gasteiger partial charge in [-0.3, -0.25) is 14.3 Å². The van der Waals surface area contributed by atoms with Crippen molar-refractivity contribution in [1.29, 1.82) is 0 Å². The van der Waals surface area contributed by atoms with Crippen molar-refractivity contribution in [3.8, 4) is 11.5 Å². The van der Waals surface area contributed by atoms with Crippen LogP contribution in [0.15, 0.2) is 97.1 Å². The topological polar surface area (TPSA) is 175 Å². The number of carboxylic acids is 1. The lowest BCUT2D eigenvalue weighted by Crippen LogP contribution is -2.62. The maximum absolute atomic E-state index is 12.9. The van der Waals surface area contributed by atoms with Gasteiger partial charge in [-0.25, -0.2) is 8.42 Å².